The number of amides is 1. The second-order valence-corrected chi connectivity index (χ2v) is 8.76. The van der Waals surface area contributed by atoms with Gasteiger partial charge in [-0.1, -0.05) is 49.9 Å². The zero-order valence-corrected chi connectivity index (χ0v) is 17.1. The molecule has 2 atom stereocenters. The van der Waals surface area contributed by atoms with Gasteiger partial charge in [0.15, 0.2) is 5.76 Å². The molecule has 3 aliphatic rings. The fourth-order valence-electron chi connectivity index (χ4n) is 4.58. The predicted molar refractivity (Wildman–Crippen MR) is 111 cm³/mol. The van der Waals surface area contributed by atoms with Crippen LogP contribution in [0.2, 0.25) is 0 Å². The SMILES string of the molecule is O=C(NC1CCCCC1)C1=C[C@H](C2CCC2)C[C@H](OCc2ccc(CO)cc2)O1. The lowest BCUT2D eigenvalue weighted by molar-refractivity contribution is -0.157. The third-order valence-corrected chi connectivity index (χ3v) is 6.65. The molecular weight excluding hydrogens is 366 g/mol. The van der Waals surface area contributed by atoms with Gasteiger partial charge in [0.2, 0.25) is 6.29 Å². The van der Waals surface area contributed by atoms with Crippen molar-refractivity contribution in [3.8, 4) is 0 Å². The molecular formula is C24H33NO4. The van der Waals surface area contributed by atoms with Crippen molar-refractivity contribution >= 4 is 5.91 Å². The lowest BCUT2D eigenvalue weighted by atomic mass is 9.73. The van der Waals surface area contributed by atoms with E-state index in [-0.39, 0.29) is 18.6 Å². The lowest BCUT2D eigenvalue weighted by Crippen LogP contribution is -2.40. The number of aliphatic hydroxyl groups excluding tert-OH is 1. The van der Waals surface area contributed by atoms with Gasteiger partial charge < -0.3 is 19.9 Å². The summed E-state index contributed by atoms with van der Waals surface area (Å²) in [7, 11) is 0. The van der Waals surface area contributed by atoms with E-state index in [9.17, 15) is 9.90 Å². The number of nitrogens with one attached hydrogen (secondary N) is 1. The van der Waals surface area contributed by atoms with Crippen molar-refractivity contribution in [3.63, 3.8) is 0 Å². The summed E-state index contributed by atoms with van der Waals surface area (Å²) < 4.78 is 12.0. The first-order valence-corrected chi connectivity index (χ1v) is 11.2. The molecule has 0 spiro atoms. The van der Waals surface area contributed by atoms with Gasteiger partial charge in [0.25, 0.3) is 5.91 Å². The van der Waals surface area contributed by atoms with Gasteiger partial charge in [-0.25, -0.2) is 0 Å². The van der Waals surface area contributed by atoms with Crippen molar-refractivity contribution in [1.29, 1.82) is 0 Å². The second kappa shape index (κ2) is 9.77. The van der Waals surface area contributed by atoms with E-state index in [4.69, 9.17) is 9.47 Å². The van der Waals surface area contributed by atoms with E-state index >= 15 is 0 Å². The normalized spacial score (nSPS) is 25.6. The van der Waals surface area contributed by atoms with Crippen molar-refractivity contribution in [1.82, 2.24) is 5.32 Å². The highest BCUT2D eigenvalue weighted by Gasteiger charge is 2.35. The van der Waals surface area contributed by atoms with Gasteiger partial charge in [0.1, 0.15) is 0 Å². The van der Waals surface area contributed by atoms with Crippen LogP contribution in [0.1, 0.15) is 68.9 Å². The van der Waals surface area contributed by atoms with Crippen LogP contribution in [0, 0.1) is 11.8 Å². The largest absolute Gasteiger partial charge is 0.459 e. The average molecular weight is 400 g/mol. The molecule has 1 aromatic rings. The Morgan fingerprint density at radius 1 is 1.03 bits per heavy atom. The minimum absolute atomic E-state index is 0.0419. The summed E-state index contributed by atoms with van der Waals surface area (Å²) in [6.45, 7) is 0.478. The molecule has 0 aromatic heterocycles. The predicted octanol–water partition coefficient (Wildman–Crippen LogP) is 4.19. The first-order chi connectivity index (χ1) is 14.2. The highest BCUT2D eigenvalue weighted by Crippen LogP contribution is 2.40. The summed E-state index contributed by atoms with van der Waals surface area (Å²) >= 11 is 0. The molecule has 158 valence electrons. The number of hydrogen-bond acceptors (Lipinski definition) is 4. The van der Waals surface area contributed by atoms with Crippen molar-refractivity contribution in [2.24, 2.45) is 11.8 Å². The van der Waals surface area contributed by atoms with Crippen LogP contribution in [-0.4, -0.2) is 23.3 Å². The second-order valence-electron chi connectivity index (χ2n) is 8.76. The van der Waals surface area contributed by atoms with E-state index in [1.807, 2.05) is 24.3 Å². The molecule has 0 bridgehead atoms. The Hall–Kier alpha value is -1.85. The Labute approximate surface area is 173 Å². The molecule has 2 fully saturated rings. The molecule has 0 radical (unpaired) electrons. The number of benzene rings is 1. The molecule has 5 heteroatoms. The Balaban J connectivity index is 1.37. The first-order valence-electron chi connectivity index (χ1n) is 11.2. The van der Waals surface area contributed by atoms with Crippen LogP contribution >= 0.6 is 0 Å². The summed E-state index contributed by atoms with van der Waals surface area (Å²) in [5.74, 6) is 1.36. The minimum Gasteiger partial charge on any atom is -0.459 e. The van der Waals surface area contributed by atoms with Gasteiger partial charge in [0.05, 0.1) is 13.2 Å². The Bertz CT molecular complexity index is 704. The number of carbonyl (C=O) groups is 1. The zero-order valence-electron chi connectivity index (χ0n) is 17.1. The zero-order chi connectivity index (χ0) is 20.1. The molecule has 4 rings (SSSR count). The number of rotatable bonds is 7. The van der Waals surface area contributed by atoms with Crippen LogP contribution in [0.4, 0.5) is 0 Å². The van der Waals surface area contributed by atoms with Crippen LogP contribution in [0.25, 0.3) is 0 Å². The summed E-state index contributed by atoms with van der Waals surface area (Å²) in [4.78, 5) is 12.8. The number of ether oxygens (including phenoxy) is 2. The van der Waals surface area contributed by atoms with Crippen molar-refractivity contribution in [2.45, 2.75) is 83.3 Å². The fraction of sp³-hybridized carbons (Fsp3) is 0.625. The van der Waals surface area contributed by atoms with E-state index in [1.54, 1.807) is 0 Å². The summed E-state index contributed by atoms with van der Waals surface area (Å²) in [5.41, 5.74) is 1.92. The number of hydrogen-bond donors (Lipinski definition) is 2. The fourth-order valence-corrected chi connectivity index (χ4v) is 4.58. The first kappa shape index (κ1) is 20.4. The molecule has 2 saturated carbocycles. The van der Waals surface area contributed by atoms with E-state index in [0.29, 0.717) is 24.2 Å². The lowest BCUT2D eigenvalue weighted by Gasteiger charge is -2.37. The number of aliphatic hydroxyl groups is 1. The van der Waals surface area contributed by atoms with Gasteiger partial charge in [0, 0.05) is 12.5 Å². The third-order valence-electron chi connectivity index (χ3n) is 6.65. The maximum atomic E-state index is 12.8. The van der Waals surface area contributed by atoms with E-state index in [2.05, 4.69) is 11.4 Å². The summed E-state index contributed by atoms with van der Waals surface area (Å²) in [5, 5.41) is 12.4. The van der Waals surface area contributed by atoms with Crippen LogP contribution in [0.5, 0.6) is 0 Å². The van der Waals surface area contributed by atoms with Crippen LogP contribution < -0.4 is 5.32 Å². The van der Waals surface area contributed by atoms with Crippen LogP contribution in [-0.2, 0) is 27.5 Å². The molecule has 0 unspecified atom stereocenters. The molecule has 29 heavy (non-hydrogen) atoms. The van der Waals surface area contributed by atoms with Crippen molar-refractivity contribution in [2.75, 3.05) is 0 Å². The molecule has 2 N–H and O–H groups in total. The topological polar surface area (TPSA) is 67.8 Å². The highest BCUT2D eigenvalue weighted by atomic mass is 16.7. The molecule has 0 saturated heterocycles. The number of carbonyl (C=O) groups excluding carboxylic acids is 1. The van der Waals surface area contributed by atoms with Gasteiger partial charge in [-0.05, 0) is 54.7 Å². The van der Waals surface area contributed by atoms with Crippen molar-refractivity contribution < 1.29 is 19.4 Å². The van der Waals surface area contributed by atoms with E-state index in [0.717, 1.165) is 30.4 Å². The van der Waals surface area contributed by atoms with E-state index < -0.39 is 6.29 Å². The Kier molecular flexibility index (Phi) is 6.88. The van der Waals surface area contributed by atoms with E-state index in [1.165, 1.54) is 38.5 Å². The van der Waals surface area contributed by atoms with Crippen LogP contribution in [0.15, 0.2) is 36.1 Å². The van der Waals surface area contributed by atoms with Gasteiger partial charge in [-0.15, -0.1) is 0 Å². The maximum Gasteiger partial charge on any atom is 0.286 e. The highest BCUT2D eigenvalue weighted by molar-refractivity contribution is 5.91. The minimum atomic E-state index is -0.393. The van der Waals surface area contributed by atoms with Gasteiger partial charge >= 0.3 is 0 Å². The third kappa shape index (κ3) is 5.40. The maximum absolute atomic E-state index is 12.8. The molecule has 5 nitrogen and oxygen atoms in total. The molecule has 1 amide bonds. The monoisotopic (exact) mass is 399 g/mol. The van der Waals surface area contributed by atoms with Crippen molar-refractivity contribution in [3.05, 3.63) is 47.2 Å². The smallest absolute Gasteiger partial charge is 0.286 e. The van der Waals surface area contributed by atoms with Gasteiger partial charge in [-0.2, -0.15) is 0 Å². The summed E-state index contributed by atoms with van der Waals surface area (Å²) in [6, 6.07) is 8.00. The molecule has 2 aliphatic carbocycles. The Morgan fingerprint density at radius 3 is 2.41 bits per heavy atom. The standard InChI is InChI=1S/C24H33NO4/c26-15-17-9-11-18(12-10-17)16-28-23-14-20(19-5-4-6-19)13-22(29-23)24(27)25-21-7-2-1-3-8-21/h9-13,19-21,23,26H,1-8,14-16H2,(H,25,27)/t20-,23+/m0/s1. The Morgan fingerprint density at radius 2 is 1.76 bits per heavy atom. The van der Waals surface area contributed by atoms with Gasteiger partial charge in [-0.3, -0.25) is 4.79 Å². The molecule has 1 aromatic carbocycles. The summed E-state index contributed by atoms with van der Waals surface area (Å²) in [6.07, 6.45) is 12.0. The quantitative estimate of drug-likeness (QED) is 0.721. The molecule has 1 heterocycles. The average Bonchev–Trinajstić information content (AvgIpc) is 2.72. The van der Waals surface area contributed by atoms with Crippen LogP contribution in [0.3, 0.4) is 0 Å². The number of allylic oxidation sites excluding steroid dienone is 1. The molecule has 1 aliphatic heterocycles.